The minimum Gasteiger partial charge on any atom is -0.469 e. The van der Waals surface area contributed by atoms with Crippen molar-refractivity contribution in [3.05, 3.63) is 65.2 Å². The zero-order valence-corrected chi connectivity index (χ0v) is 14.6. The molecule has 2 atom stereocenters. The molecule has 0 spiro atoms. The van der Waals surface area contributed by atoms with Crippen LogP contribution in [0.4, 0.5) is 0 Å². The number of aryl methyl sites for hydroxylation is 1. The number of ether oxygens (including phenoxy) is 1. The summed E-state index contributed by atoms with van der Waals surface area (Å²) in [5, 5.41) is 7.16. The van der Waals surface area contributed by atoms with Crippen LogP contribution in [0.3, 0.4) is 0 Å². The number of benzene rings is 2. The Kier molecular flexibility index (Phi) is 3.79. The highest BCUT2D eigenvalue weighted by atomic mass is 16.5. The molecule has 0 saturated carbocycles. The Hall–Kier alpha value is -2.29. The molecule has 124 valence electrons. The van der Waals surface area contributed by atoms with Gasteiger partial charge in [0.2, 0.25) is 0 Å². The monoisotopic (exact) mass is 320 g/mol. The van der Waals surface area contributed by atoms with Crippen molar-refractivity contribution in [2.75, 3.05) is 0 Å². The number of hydrogen-bond acceptors (Lipinski definition) is 3. The van der Waals surface area contributed by atoms with Gasteiger partial charge in [-0.2, -0.15) is 5.10 Å². The number of hydrazone groups is 1. The molecule has 2 aliphatic heterocycles. The maximum Gasteiger partial charge on any atom is 0.188 e. The van der Waals surface area contributed by atoms with Crippen LogP contribution in [0.2, 0.25) is 0 Å². The Morgan fingerprint density at radius 1 is 1.12 bits per heavy atom. The highest BCUT2D eigenvalue weighted by molar-refractivity contribution is 6.02. The normalized spacial score (nSPS) is 22.0. The molecule has 2 heterocycles. The lowest BCUT2D eigenvalue weighted by Crippen LogP contribution is -2.41. The van der Waals surface area contributed by atoms with Gasteiger partial charge in [0.15, 0.2) is 6.23 Å². The summed E-state index contributed by atoms with van der Waals surface area (Å²) in [6.45, 7) is 6.59. The maximum absolute atomic E-state index is 6.28. The molecule has 2 aromatic carbocycles. The lowest BCUT2D eigenvalue weighted by atomic mass is 9.95. The summed E-state index contributed by atoms with van der Waals surface area (Å²) in [5.74, 6) is 1.59. The van der Waals surface area contributed by atoms with Crippen molar-refractivity contribution in [3.8, 4) is 5.75 Å². The van der Waals surface area contributed by atoms with Gasteiger partial charge in [-0.3, -0.25) is 5.01 Å². The van der Waals surface area contributed by atoms with Crippen molar-refractivity contribution < 1.29 is 4.74 Å². The first-order valence-corrected chi connectivity index (χ1v) is 8.80. The molecule has 4 rings (SSSR count). The zero-order valence-electron chi connectivity index (χ0n) is 14.6. The predicted octanol–water partition coefficient (Wildman–Crippen LogP) is 4.91. The highest BCUT2D eigenvalue weighted by Gasteiger charge is 2.40. The number of nitrogens with zero attached hydrogens (tertiary/aromatic N) is 2. The lowest BCUT2D eigenvalue weighted by molar-refractivity contribution is -0.0291. The quantitative estimate of drug-likeness (QED) is 0.802. The zero-order chi connectivity index (χ0) is 16.7. The maximum atomic E-state index is 6.28. The van der Waals surface area contributed by atoms with Crippen LogP contribution < -0.4 is 4.74 Å². The summed E-state index contributed by atoms with van der Waals surface area (Å²) in [4.78, 5) is 0. The summed E-state index contributed by atoms with van der Waals surface area (Å²) in [5.41, 5.74) is 4.91. The molecule has 0 aromatic heterocycles. The van der Waals surface area contributed by atoms with E-state index in [0.717, 1.165) is 24.3 Å². The van der Waals surface area contributed by atoms with Crippen LogP contribution >= 0.6 is 0 Å². The van der Waals surface area contributed by atoms with E-state index in [9.17, 15) is 0 Å². The van der Waals surface area contributed by atoms with Crippen LogP contribution in [-0.4, -0.2) is 16.9 Å². The number of rotatable bonds is 3. The Morgan fingerprint density at radius 3 is 2.62 bits per heavy atom. The number of para-hydroxylation sites is 1. The second-order valence-corrected chi connectivity index (χ2v) is 7.25. The van der Waals surface area contributed by atoms with Gasteiger partial charge in [-0.25, -0.2) is 0 Å². The molecule has 24 heavy (non-hydrogen) atoms. The third-order valence-electron chi connectivity index (χ3n) is 4.84. The SMILES string of the molecule is Cc1ccc(C2=NN3[C@@H](CC(C)C)Oc4ccccc4[C@@H]3C2)cc1. The highest BCUT2D eigenvalue weighted by Crippen LogP contribution is 2.43. The third-order valence-corrected chi connectivity index (χ3v) is 4.84. The van der Waals surface area contributed by atoms with E-state index in [1.54, 1.807) is 0 Å². The minimum absolute atomic E-state index is 0.0212. The van der Waals surface area contributed by atoms with Gasteiger partial charge in [0.1, 0.15) is 5.75 Å². The summed E-state index contributed by atoms with van der Waals surface area (Å²) in [6, 6.07) is 17.4. The summed E-state index contributed by atoms with van der Waals surface area (Å²) < 4.78 is 6.28. The Morgan fingerprint density at radius 2 is 1.88 bits per heavy atom. The van der Waals surface area contributed by atoms with Crippen molar-refractivity contribution in [1.29, 1.82) is 0 Å². The summed E-state index contributed by atoms with van der Waals surface area (Å²) in [7, 11) is 0. The fraction of sp³-hybridized carbons (Fsp3) is 0.381. The molecule has 0 amide bonds. The van der Waals surface area contributed by atoms with E-state index in [-0.39, 0.29) is 12.3 Å². The molecule has 0 saturated heterocycles. The lowest BCUT2D eigenvalue weighted by Gasteiger charge is -2.38. The van der Waals surface area contributed by atoms with Crippen molar-refractivity contribution in [2.45, 2.75) is 45.9 Å². The van der Waals surface area contributed by atoms with E-state index in [0.29, 0.717) is 5.92 Å². The van der Waals surface area contributed by atoms with E-state index in [1.807, 2.05) is 0 Å². The van der Waals surface area contributed by atoms with Crippen LogP contribution in [0.1, 0.15) is 49.4 Å². The van der Waals surface area contributed by atoms with E-state index >= 15 is 0 Å². The van der Waals surface area contributed by atoms with Crippen LogP contribution in [0.5, 0.6) is 5.75 Å². The van der Waals surface area contributed by atoms with Crippen LogP contribution in [0.15, 0.2) is 53.6 Å². The summed E-state index contributed by atoms with van der Waals surface area (Å²) in [6.07, 6.45) is 1.95. The summed E-state index contributed by atoms with van der Waals surface area (Å²) >= 11 is 0. The van der Waals surface area contributed by atoms with Gasteiger partial charge in [-0.1, -0.05) is 61.9 Å². The molecule has 0 radical (unpaired) electrons. The first-order valence-electron chi connectivity index (χ1n) is 8.80. The van der Waals surface area contributed by atoms with Crippen molar-refractivity contribution in [1.82, 2.24) is 5.01 Å². The molecule has 0 N–H and O–H groups in total. The van der Waals surface area contributed by atoms with E-state index in [2.05, 4.69) is 74.3 Å². The number of fused-ring (bicyclic) bond motifs is 3. The Labute approximate surface area is 144 Å². The molecular weight excluding hydrogens is 296 g/mol. The molecule has 2 aliphatic rings. The molecule has 3 nitrogen and oxygen atoms in total. The standard InChI is InChI=1S/C21H24N2O/c1-14(2)12-21-23-19(17-6-4-5-7-20(17)24-21)13-18(22-23)16-10-8-15(3)9-11-16/h4-11,14,19,21H,12-13H2,1-3H3/t19-,21+/m0/s1. The molecule has 0 bridgehead atoms. The minimum atomic E-state index is 0.0212. The molecule has 0 aliphatic carbocycles. The van der Waals surface area contributed by atoms with Crippen LogP contribution in [0.25, 0.3) is 0 Å². The van der Waals surface area contributed by atoms with Crippen molar-refractivity contribution in [3.63, 3.8) is 0 Å². The van der Waals surface area contributed by atoms with Gasteiger partial charge in [-0.05, 0) is 24.5 Å². The topological polar surface area (TPSA) is 24.8 Å². The predicted molar refractivity (Wildman–Crippen MR) is 97.2 cm³/mol. The first-order chi connectivity index (χ1) is 11.6. The van der Waals surface area contributed by atoms with E-state index in [4.69, 9.17) is 9.84 Å². The molecule has 0 unspecified atom stereocenters. The molecule has 2 aromatic rings. The fourth-order valence-electron chi connectivity index (χ4n) is 3.59. The Bertz CT molecular complexity index is 764. The fourth-order valence-corrected chi connectivity index (χ4v) is 3.59. The number of hydrogen-bond donors (Lipinski definition) is 0. The Balaban J connectivity index is 1.70. The molecule has 0 fully saturated rings. The smallest absolute Gasteiger partial charge is 0.188 e. The van der Waals surface area contributed by atoms with Crippen molar-refractivity contribution in [2.24, 2.45) is 11.0 Å². The van der Waals surface area contributed by atoms with E-state index < -0.39 is 0 Å². The van der Waals surface area contributed by atoms with Gasteiger partial charge >= 0.3 is 0 Å². The average molecular weight is 320 g/mol. The second kappa shape index (κ2) is 5.97. The van der Waals surface area contributed by atoms with Gasteiger partial charge < -0.3 is 4.74 Å². The molecule has 3 heteroatoms. The average Bonchev–Trinajstić information content (AvgIpc) is 3.01. The largest absolute Gasteiger partial charge is 0.469 e. The van der Waals surface area contributed by atoms with Gasteiger partial charge in [0.25, 0.3) is 0 Å². The second-order valence-electron chi connectivity index (χ2n) is 7.25. The van der Waals surface area contributed by atoms with Crippen molar-refractivity contribution >= 4 is 5.71 Å². The van der Waals surface area contributed by atoms with Gasteiger partial charge in [0, 0.05) is 18.4 Å². The van der Waals surface area contributed by atoms with E-state index in [1.165, 1.54) is 16.7 Å². The van der Waals surface area contributed by atoms with Gasteiger partial charge in [0.05, 0.1) is 11.8 Å². The third kappa shape index (κ3) is 2.68. The van der Waals surface area contributed by atoms with Crippen LogP contribution in [-0.2, 0) is 0 Å². The first kappa shape index (κ1) is 15.3. The van der Waals surface area contributed by atoms with Crippen LogP contribution in [0, 0.1) is 12.8 Å². The van der Waals surface area contributed by atoms with Gasteiger partial charge in [-0.15, -0.1) is 0 Å². The molecular formula is C21H24N2O.